The lowest BCUT2D eigenvalue weighted by Gasteiger charge is -2.00. The van der Waals surface area contributed by atoms with Gasteiger partial charge in [-0.2, -0.15) is 0 Å². The number of thiophene rings is 1. The molecule has 1 heterocycles. The Labute approximate surface area is 79.2 Å². The van der Waals surface area contributed by atoms with Crippen molar-refractivity contribution in [2.75, 3.05) is 0 Å². The van der Waals surface area contributed by atoms with Gasteiger partial charge < -0.3 is 9.29 Å². The van der Waals surface area contributed by atoms with E-state index in [1.165, 1.54) is 0 Å². The van der Waals surface area contributed by atoms with E-state index in [-0.39, 0.29) is 0 Å². The van der Waals surface area contributed by atoms with E-state index in [0.717, 1.165) is 0 Å². The van der Waals surface area contributed by atoms with Gasteiger partial charge in [-0.25, -0.2) is 0 Å². The van der Waals surface area contributed by atoms with Crippen molar-refractivity contribution >= 4 is 10.8 Å². The van der Waals surface area contributed by atoms with Crippen molar-refractivity contribution < 1.29 is 9.29 Å². The fraction of sp³-hybridized carbons (Fsp3) is 0. The minimum atomic E-state index is -1.10. The molecule has 0 aliphatic carbocycles. The van der Waals surface area contributed by atoms with Gasteiger partial charge in [0.25, 0.3) is 0 Å². The Bertz CT molecular complexity index is 381. The molecule has 0 radical (unpaired) electrons. The summed E-state index contributed by atoms with van der Waals surface area (Å²) in [6.45, 7) is 0. The van der Waals surface area contributed by atoms with E-state index in [1.807, 2.05) is 30.3 Å². The van der Waals surface area contributed by atoms with E-state index in [4.69, 9.17) is 4.74 Å². The molecule has 0 amide bonds. The van der Waals surface area contributed by atoms with E-state index < -0.39 is 10.8 Å². The molecule has 1 aromatic heterocycles. The largest absolute Gasteiger partial charge is 0.588 e. The molecule has 0 N–H and O–H groups in total. The Balaban J connectivity index is 2.20. The average molecular weight is 192 g/mol. The van der Waals surface area contributed by atoms with Gasteiger partial charge >= 0.3 is 5.06 Å². The molecule has 0 saturated carbocycles. The van der Waals surface area contributed by atoms with Gasteiger partial charge in [-0.1, -0.05) is 18.2 Å². The molecular weight excluding hydrogens is 184 g/mol. The molecule has 2 aromatic rings. The number of para-hydroxylation sites is 1. The highest BCUT2D eigenvalue weighted by Gasteiger charge is 2.05. The van der Waals surface area contributed by atoms with E-state index >= 15 is 0 Å². The fourth-order valence-electron chi connectivity index (χ4n) is 1.00. The summed E-state index contributed by atoms with van der Waals surface area (Å²) in [5.41, 5.74) is 0. The summed E-state index contributed by atoms with van der Waals surface area (Å²) in [7, 11) is -1.10. The van der Waals surface area contributed by atoms with Gasteiger partial charge in [0, 0.05) is 6.07 Å². The van der Waals surface area contributed by atoms with Crippen LogP contribution in [0.2, 0.25) is 0 Å². The van der Waals surface area contributed by atoms with Crippen LogP contribution in [-0.2, 0) is 0 Å². The first-order valence-corrected chi connectivity index (χ1v) is 5.09. The molecule has 13 heavy (non-hydrogen) atoms. The fourth-order valence-corrected chi connectivity index (χ4v) is 1.75. The molecule has 0 fully saturated rings. The summed E-state index contributed by atoms with van der Waals surface area (Å²) in [6, 6.07) is 12.8. The summed E-state index contributed by atoms with van der Waals surface area (Å²) < 4.78 is 16.6. The number of hydrogen-bond donors (Lipinski definition) is 0. The van der Waals surface area contributed by atoms with E-state index in [2.05, 4.69) is 0 Å². The van der Waals surface area contributed by atoms with Crippen LogP contribution in [0.3, 0.4) is 0 Å². The average Bonchev–Trinajstić information content (AvgIpc) is 2.54. The smallest absolute Gasteiger partial charge is 0.333 e. The molecular formula is C10H8O2S. The highest BCUT2D eigenvalue weighted by Crippen LogP contribution is 2.32. The number of ether oxygens (including phenoxy) is 1. The van der Waals surface area contributed by atoms with Crippen LogP contribution in [-0.4, -0.2) is 4.55 Å². The third-order valence-electron chi connectivity index (χ3n) is 1.59. The highest BCUT2D eigenvalue weighted by atomic mass is 32.2. The lowest BCUT2D eigenvalue weighted by molar-refractivity contribution is 0.483. The Morgan fingerprint density at radius 2 is 1.77 bits per heavy atom. The van der Waals surface area contributed by atoms with Crippen LogP contribution in [0.1, 0.15) is 0 Å². The third kappa shape index (κ3) is 1.88. The molecule has 2 nitrogen and oxygen atoms in total. The molecule has 0 aliphatic heterocycles. The molecule has 0 bridgehead atoms. The lowest BCUT2D eigenvalue weighted by Crippen LogP contribution is -1.79. The number of rotatable bonds is 2. The lowest BCUT2D eigenvalue weighted by atomic mass is 10.3. The van der Waals surface area contributed by atoms with Crippen molar-refractivity contribution in [2.24, 2.45) is 0 Å². The van der Waals surface area contributed by atoms with Crippen LogP contribution in [0.15, 0.2) is 47.8 Å². The molecule has 2 rings (SSSR count). The van der Waals surface area contributed by atoms with Gasteiger partial charge in [-0.3, -0.25) is 0 Å². The Morgan fingerprint density at radius 3 is 2.38 bits per heavy atom. The Kier molecular flexibility index (Phi) is 2.29. The number of hydrogen-bond acceptors (Lipinski definition) is 2. The third-order valence-corrected chi connectivity index (χ3v) is 2.61. The second-order valence-electron chi connectivity index (χ2n) is 2.53. The van der Waals surface area contributed by atoms with Gasteiger partial charge in [0.15, 0.2) is 0 Å². The van der Waals surface area contributed by atoms with E-state index in [1.54, 1.807) is 17.5 Å². The first-order valence-electron chi connectivity index (χ1n) is 3.88. The minimum Gasteiger partial charge on any atom is -0.588 e. The van der Waals surface area contributed by atoms with Crippen molar-refractivity contribution in [2.45, 2.75) is 0 Å². The van der Waals surface area contributed by atoms with Crippen molar-refractivity contribution in [1.29, 1.82) is 0 Å². The summed E-state index contributed by atoms with van der Waals surface area (Å²) in [5, 5.41) is 2.09. The van der Waals surface area contributed by atoms with Gasteiger partial charge in [0.1, 0.15) is 11.1 Å². The predicted molar refractivity (Wildman–Crippen MR) is 51.6 cm³/mol. The second-order valence-corrected chi connectivity index (χ2v) is 3.80. The van der Waals surface area contributed by atoms with Gasteiger partial charge in [-0.15, -0.1) is 0 Å². The van der Waals surface area contributed by atoms with Crippen LogP contribution in [0.25, 0.3) is 0 Å². The topological polar surface area (TPSA) is 32.3 Å². The highest BCUT2D eigenvalue weighted by molar-refractivity contribution is 7.25. The maximum absolute atomic E-state index is 11.2. The molecule has 1 aromatic carbocycles. The van der Waals surface area contributed by atoms with Gasteiger partial charge in [-0.05, 0) is 28.9 Å². The standard InChI is InChI=1S/C10H8O2S/c11-13-8-4-7-10(13)12-9-5-2-1-3-6-9/h1-8H. The quantitative estimate of drug-likeness (QED) is 0.684. The van der Waals surface area contributed by atoms with Gasteiger partial charge in [0.2, 0.25) is 0 Å². The zero-order chi connectivity index (χ0) is 9.10. The molecule has 0 aliphatic rings. The van der Waals surface area contributed by atoms with E-state index in [0.29, 0.717) is 10.8 Å². The summed E-state index contributed by atoms with van der Waals surface area (Å²) >= 11 is 0. The van der Waals surface area contributed by atoms with Crippen LogP contribution < -0.4 is 4.74 Å². The van der Waals surface area contributed by atoms with Crippen LogP contribution in [0.5, 0.6) is 10.8 Å². The molecule has 1 unspecified atom stereocenters. The van der Waals surface area contributed by atoms with Crippen LogP contribution in [0, 0.1) is 0 Å². The minimum absolute atomic E-state index is 0.492. The van der Waals surface area contributed by atoms with Crippen molar-refractivity contribution in [1.82, 2.24) is 0 Å². The molecule has 1 atom stereocenters. The van der Waals surface area contributed by atoms with Crippen LogP contribution in [0.4, 0.5) is 0 Å². The molecule has 3 heteroatoms. The maximum atomic E-state index is 11.2. The van der Waals surface area contributed by atoms with E-state index in [9.17, 15) is 4.55 Å². The van der Waals surface area contributed by atoms with Gasteiger partial charge in [0.05, 0.1) is 0 Å². The maximum Gasteiger partial charge on any atom is 0.333 e. The normalized spacial score (nSPS) is 11.3. The first-order chi connectivity index (χ1) is 6.36. The molecule has 66 valence electrons. The molecule has 0 spiro atoms. The second kappa shape index (κ2) is 3.60. The molecule has 0 saturated heterocycles. The zero-order valence-corrected chi connectivity index (χ0v) is 7.66. The zero-order valence-electron chi connectivity index (χ0n) is 6.84. The van der Waals surface area contributed by atoms with Crippen LogP contribution >= 0.6 is 10.8 Å². The summed E-state index contributed by atoms with van der Waals surface area (Å²) in [4.78, 5) is 0. The monoisotopic (exact) mass is 192 g/mol. The van der Waals surface area contributed by atoms with Crippen molar-refractivity contribution in [3.05, 3.63) is 47.8 Å². The summed E-state index contributed by atoms with van der Waals surface area (Å²) in [5.74, 6) is 0.714. The predicted octanol–water partition coefficient (Wildman–Crippen LogP) is 3.21. The number of benzene rings is 1. The Morgan fingerprint density at radius 1 is 1.00 bits per heavy atom. The van der Waals surface area contributed by atoms with Crippen molar-refractivity contribution in [3.8, 4) is 10.8 Å². The van der Waals surface area contributed by atoms with Crippen molar-refractivity contribution in [3.63, 3.8) is 0 Å². The summed E-state index contributed by atoms with van der Waals surface area (Å²) in [6.07, 6.45) is 0. The SMILES string of the molecule is [O-][s+]1cccc1Oc1ccccc1. The Hall–Kier alpha value is -1.32. The first kappa shape index (κ1) is 8.29.